The van der Waals surface area contributed by atoms with Gasteiger partial charge in [-0.25, -0.2) is 4.68 Å². The number of benzene rings is 3. The summed E-state index contributed by atoms with van der Waals surface area (Å²) in [5.41, 5.74) is 6.48. The Bertz CT molecular complexity index is 1600. The van der Waals surface area contributed by atoms with Crippen molar-refractivity contribution < 1.29 is 19.0 Å². The molecule has 1 aromatic heterocycles. The number of aromatic nitrogens is 2. The van der Waals surface area contributed by atoms with Crippen LogP contribution in [0.2, 0.25) is 5.02 Å². The second kappa shape index (κ2) is 10.4. The van der Waals surface area contributed by atoms with Crippen molar-refractivity contribution in [1.29, 1.82) is 0 Å². The lowest BCUT2D eigenvalue weighted by Crippen LogP contribution is -2.30. The van der Waals surface area contributed by atoms with Crippen molar-refractivity contribution in [2.75, 3.05) is 26.6 Å². The Hall–Kier alpha value is -4.23. The molecule has 8 heteroatoms. The van der Waals surface area contributed by atoms with E-state index in [0.717, 1.165) is 45.2 Å². The number of ether oxygens (including phenoxy) is 3. The van der Waals surface area contributed by atoms with E-state index >= 15 is 0 Å². The monoisotopic (exact) mass is 555 g/mol. The van der Waals surface area contributed by atoms with Crippen LogP contribution < -0.4 is 19.5 Å². The van der Waals surface area contributed by atoms with Gasteiger partial charge in [-0.05, 0) is 66.8 Å². The van der Waals surface area contributed by atoms with E-state index in [-0.39, 0.29) is 17.6 Å². The van der Waals surface area contributed by atoms with Crippen LogP contribution in [0.3, 0.4) is 0 Å². The van der Waals surface area contributed by atoms with Gasteiger partial charge in [0.05, 0.1) is 32.7 Å². The highest BCUT2D eigenvalue weighted by Gasteiger charge is 2.41. The van der Waals surface area contributed by atoms with E-state index in [1.54, 1.807) is 21.3 Å². The van der Waals surface area contributed by atoms with E-state index < -0.39 is 0 Å². The number of methoxy groups -OCH3 is 3. The second-order valence-electron chi connectivity index (χ2n) is 10.1. The van der Waals surface area contributed by atoms with E-state index in [4.69, 9.17) is 30.9 Å². The van der Waals surface area contributed by atoms with E-state index in [1.165, 1.54) is 0 Å². The zero-order chi connectivity index (χ0) is 28.0. The van der Waals surface area contributed by atoms with Crippen molar-refractivity contribution in [1.82, 2.24) is 9.78 Å². The number of carbonyl (C=O) groups is 1. The number of allylic oxidation sites excluding steroid dienone is 2. The number of para-hydroxylation sites is 1. The van der Waals surface area contributed by atoms with Crippen LogP contribution in [0.1, 0.15) is 47.1 Å². The van der Waals surface area contributed by atoms with Gasteiger partial charge in [0.1, 0.15) is 5.82 Å². The number of carbonyl (C=O) groups excluding carboxylic acids is 1. The van der Waals surface area contributed by atoms with Gasteiger partial charge in [-0.2, -0.15) is 5.10 Å². The molecular weight excluding hydrogens is 526 g/mol. The lowest BCUT2D eigenvalue weighted by Gasteiger charge is -2.36. The van der Waals surface area contributed by atoms with Gasteiger partial charge in [0.2, 0.25) is 5.75 Å². The van der Waals surface area contributed by atoms with Crippen LogP contribution in [0, 0.1) is 6.92 Å². The molecule has 2 aliphatic rings. The first-order valence-corrected chi connectivity index (χ1v) is 13.5. The summed E-state index contributed by atoms with van der Waals surface area (Å²) >= 11 is 6.25. The van der Waals surface area contributed by atoms with E-state index in [9.17, 15) is 4.79 Å². The van der Waals surface area contributed by atoms with Crippen molar-refractivity contribution in [3.63, 3.8) is 0 Å². The summed E-state index contributed by atoms with van der Waals surface area (Å²) in [6, 6.07) is 21.7. The summed E-state index contributed by atoms with van der Waals surface area (Å²) in [5, 5.41) is 9.23. The molecule has 0 amide bonds. The number of nitrogens with one attached hydrogen (secondary N) is 1. The molecule has 2 atom stereocenters. The van der Waals surface area contributed by atoms with Gasteiger partial charge >= 0.3 is 0 Å². The predicted molar refractivity (Wildman–Crippen MR) is 155 cm³/mol. The molecule has 1 aliphatic carbocycles. The van der Waals surface area contributed by atoms with Gasteiger partial charge in [-0.3, -0.25) is 4.79 Å². The lowest BCUT2D eigenvalue weighted by atomic mass is 9.72. The number of fused-ring (bicyclic) bond motifs is 1. The third kappa shape index (κ3) is 4.31. The number of halogens is 1. The van der Waals surface area contributed by atoms with Crippen molar-refractivity contribution in [3.8, 4) is 22.9 Å². The zero-order valence-electron chi connectivity index (χ0n) is 22.8. The van der Waals surface area contributed by atoms with Crippen molar-refractivity contribution >= 4 is 23.2 Å². The second-order valence-corrected chi connectivity index (χ2v) is 10.5. The molecule has 3 aromatic carbocycles. The van der Waals surface area contributed by atoms with Crippen LogP contribution in [0.5, 0.6) is 17.2 Å². The SMILES string of the molecule is COc1cc(C2CC(=O)C3=C(C2)Nc2c(c(C)nn2-c2ccccc2)C3c2ccc(Cl)cc2)cc(OC)c1OC. The molecule has 4 aromatic rings. The molecule has 0 radical (unpaired) electrons. The van der Waals surface area contributed by atoms with Crippen LogP contribution in [0.25, 0.3) is 5.69 Å². The summed E-state index contributed by atoms with van der Waals surface area (Å²) in [6.07, 6.45) is 1.01. The number of aryl methyl sites for hydroxylation is 1. The van der Waals surface area contributed by atoms with Gasteiger partial charge in [-0.1, -0.05) is 41.9 Å². The Morgan fingerprint density at radius 2 is 1.57 bits per heavy atom. The third-order valence-corrected chi connectivity index (χ3v) is 8.08. The lowest BCUT2D eigenvalue weighted by molar-refractivity contribution is -0.116. The van der Waals surface area contributed by atoms with Gasteiger partial charge in [0.15, 0.2) is 17.3 Å². The van der Waals surface area contributed by atoms with Gasteiger partial charge in [0, 0.05) is 34.2 Å². The maximum absolute atomic E-state index is 14.1. The zero-order valence-corrected chi connectivity index (χ0v) is 23.6. The van der Waals surface area contributed by atoms with Gasteiger partial charge in [-0.15, -0.1) is 0 Å². The molecule has 0 saturated carbocycles. The fourth-order valence-corrected chi connectivity index (χ4v) is 6.12. The van der Waals surface area contributed by atoms with E-state index in [0.29, 0.717) is 35.1 Å². The van der Waals surface area contributed by atoms with Gasteiger partial charge < -0.3 is 19.5 Å². The van der Waals surface area contributed by atoms with Crippen LogP contribution in [0.15, 0.2) is 78.0 Å². The molecule has 2 unspecified atom stereocenters. The third-order valence-electron chi connectivity index (χ3n) is 7.82. The molecule has 0 spiro atoms. The maximum atomic E-state index is 14.1. The molecule has 2 heterocycles. The first kappa shape index (κ1) is 26.0. The summed E-state index contributed by atoms with van der Waals surface area (Å²) in [7, 11) is 4.78. The molecular formula is C32H30ClN3O4. The predicted octanol–water partition coefficient (Wildman–Crippen LogP) is 6.82. The number of rotatable bonds is 6. The average Bonchev–Trinajstić information content (AvgIpc) is 3.31. The van der Waals surface area contributed by atoms with E-state index in [1.807, 2.05) is 78.3 Å². The fraction of sp³-hybridized carbons (Fsp3) is 0.250. The summed E-state index contributed by atoms with van der Waals surface area (Å²) in [6.45, 7) is 2.00. The molecule has 40 heavy (non-hydrogen) atoms. The van der Waals surface area contributed by atoms with Gasteiger partial charge in [0.25, 0.3) is 0 Å². The fourth-order valence-electron chi connectivity index (χ4n) is 5.99. The number of Topliss-reactive ketones (excluding diaryl/α,β-unsaturated/α-hetero) is 1. The van der Waals surface area contributed by atoms with Crippen molar-refractivity contribution in [2.45, 2.75) is 31.6 Å². The minimum absolute atomic E-state index is 0.0749. The van der Waals surface area contributed by atoms with Crippen molar-refractivity contribution in [3.05, 3.63) is 105 Å². The smallest absolute Gasteiger partial charge is 0.203 e. The molecule has 1 N–H and O–H groups in total. The Kier molecular flexibility index (Phi) is 6.76. The first-order chi connectivity index (χ1) is 19.4. The molecule has 1 aliphatic heterocycles. The van der Waals surface area contributed by atoms with Crippen LogP contribution in [0.4, 0.5) is 5.82 Å². The molecule has 6 rings (SSSR count). The molecule has 7 nitrogen and oxygen atoms in total. The number of hydrogen-bond acceptors (Lipinski definition) is 6. The highest BCUT2D eigenvalue weighted by Crippen LogP contribution is 2.51. The summed E-state index contributed by atoms with van der Waals surface area (Å²) in [5.74, 6) is 2.31. The van der Waals surface area contributed by atoms with E-state index in [2.05, 4.69) is 5.32 Å². The number of nitrogens with zero attached hydrogens (tertiary/aromatic N) is 2. The number of hydrogen-bond donors (Lipinski definition) is 1. The topological polar surface area (TPSA) is 74.6 Å². The van der Waals surface area contributed by atoms with Crippen LogP contribution >= 0.6 is 11.6 Å². The number of ketones is 1. The molecule has 0 fully saturated rings. The Morgan fingerprint density at radius 3 is 2.20 bits per heavy atom. The minimum Gasteiger partial charge on any atom is -0.493 e. The Labute approximate surface area is 238 Å². The number of anilines is 1. The Morgan fingerprint density at radius 1 is 0.900 bits per heavy atom. The molecule has 204 valence electrons. The highest BCUT2D eigenvalue weighted by atomic mass is 35.5. The first-order valence-electron chi connectivity index (χ1n) is 13.2. The molecule has 0 bridgehead atoms. The van der Waals surface area contributed by atoms with Crippen LogP contribution in [-0.4, -0.2) is 36.9 Å². The largest absolute Gasteiger partial charge is 0.493 e. The molecule has 0 saturated heterocycles. The maximum Gasteiger partial charge on any atom is 0.203 e. The van der Waals surface area contributed by atoms with Crippen LogP contribution in [-0.2, 0) is 4.79 Å². The normalized spacial score (nSPS) is 18.1. The standard InChI is InChI=1S/C32H30ClN3O4/c1-18-28-29(19-10-12-22(33)13-11-19)30-24(34-32(28)36(35-18)23-8-6-5-7-9-23)14-20(15-25(30)37)21-16-26(38-2)31(40-4)27(17-21)39-3/h5-13,16-17,20,29,34H,14-15H2,1-4H3. The van der Waals surface area contributed by atoms with Crippen molar-refractivity contribution in [2.24, 2.45) is 0 Å². The summed E-state index contributed by atoms with van der Waals surface area (Å²) in [4.78, 5) is 14.1. The minimum atomic E-state index is -0.255. The summed E-state index contributed by atoms with van der Waals surface area (Å²) < 4.78 is 18.7. The quantitative estimate of drug-likeness (QED) is 0.281. The average molecular weight is 556 g/mol. The Balaban J connectivity index is 1.49. The highest BCUT2D eigenvalue weighted by molar-refractivity contribution is 6.30.